The van der Waals surface area contributed by atoms with Crippen molar-refractivity contribution < 1.29 is 4.39 Å². The number of nitrogens with zero attached hydrogens (tertiary/aromatic N) is 2. The van der Waals surface area contributed by atoms with Crippen LogP contribution in [0.4, 0.5) is 4.39 Å². The van der Waals surface area contributed by atoms with Crippen LogP contribution in [0, 0.1) is 5.82 Å². The Morgan fingerprint density at radius 1 is 1.05 bits per heavy atom. The summed E-state index contributed by atoms with van der Waals surface area (Å²) in [6.07, 6.45) is 0. The van der Waals surface area contributed by atoms with E-state index in [0.29, 0.717) is 16.5 Å². The summed E-state index contributed by atoms with van der Waals surface area (Å²) in [6.45, 7) is 6.08. The first-order valence-corrected chi connectivity index (χ1v) is 6.53. The van der Waals surface area contributed by atoms with Gasteiger partial charge in [-0.3, -0.25) is 0 Å². The molecule has 0 saturated heterocycles. The first kappa shape index (κ1) is 14.2. The second-order valence-electron chi connectivity index (χ2n) is 5.28. The summed E-state index contributed by atoms with van der Waals surface area (Å²) >= 11 is 11.7. The van der Waals surface area contributed by atoms with E-state index >= 15 is 0 Å². The SMILES string of the molecule is CC(C)(C)c1cc(Cl)nc(-c2ccc(Cl)c(F)c2)n1. The van der Waals surface area contributed by atoms with Crippen molar-refractivity contribution in [3.63, 3.8) is 0 Å². The second-order valence-corrected chi connectivity index (χ2v) is 6.07. The van der Waals surface area contributed by atoms with Gasteiger partial charge in [0, 0.05) is 11.0 Å². The first-order valence-electron chi connectivity index (χ1n) is 5.78. The zero-order valence-corrected chi connectivity index (χ0v) is 12.3. The molecular weight excluding hydrogens is 286 g/mol. The molecule has 0 amide bonds. The van der Waals surface area contributed by atoms with Crippen LogP contribution in [0.5, 0.6) is 0 Å². The Kier molecular flexibility index (Phi) is 3.79. The van der Waals surface area contributed by atoms with E-state index < -0.39 is 5.82 Å². The van der Waals surface area contributed by atoms with E-state index in [2.05, 4.69) is 9.97 Å². The molecule has 0 saturated carbocycles. The van der Waals surface area contributed by atoms with Crippen LogP contribution in [-0.4, -0.2) is 9.97 Å². The van der Waals surface area contributed by atoms with Gasteiger partial charge >= 0.3 is 0 Å². The molecule has 0 bridgehead atoms. The molecule has 1 aromatic heterocycles. The quantitative estimate of drug-likeness (QED) is 0.701. The molecule has 0 aliphatic rings. The summed E-state index contributed by atoms with van der Waals surface area (Å²) < 4.78 is 13.5. The molecule has 19 heavy (non-hydrogen) atoms. The van der Waals surface area contributed by atoms with Gasteiger partial charge < -0.3 is 0 Å². The van der Waals surface area contributed by atoms with Gasteiger partial charge in [-0.2, -0.15) is 0 Å². The van der Waals surface area contributed by atoms with Gasteiger partial charge in [0.15, 0.2) is 5.82 Å². The number of benzene rings is 1. The average molecular weight is 299 g/mol. The molecule has 2 nitrogen and oxygen atoms in total. The van der Waals surface area contributed by atoms with Crippen LogP contribution in [0.3, 0.4) is 0 Å². The molecule has 0 unspecified atom stereocenters. The largest absolute Gasteiger partial charge is 0.232 e. The van der Waals surface area contributed by atoms with E-state index in [1.807, 2.05) is 20.8 Å². The molecule has 0 fully saturated rings. The van der Waals surface area contributed by atoms with Crippen LogP contribution in [0.1, 0.15) is 26.5 Å². The number of hydrogen-bond donors (Lipinski definition) is 0. The predicted molar refractivity (Wildman–Crippen MR) is 76.1 cm³/mol. The molecule has 0 N–H and O–H groups in total. The molecule has 0 aliphatic carbocycles. The fourth-order valence-corrected chi connectivity index (χ4v) is 1.87. The Morgan fingerprint density at radius 3 is 2.32 bits per heavy atom. The minimum Gasteiger partial charge on any atom is -0.232 e. The van der Waals surface area contributed by atoms with Gasteiger partial charge in [-0.15, -0.1) is 0 Å². The Morgan fingerprint density at radius 2 is 1.74 bits per heavy atom. The van der Waals surface area contributed by atoms with Crippen molar-refractivity contribution in [1.82, 2.24) is 9.97 Å². The minimum absolute atomic E-state index is 0.0711. The number of rotatable bonds is 1. The molecule has 1 heterocycles. The lowest BCUT2D eigenvalue weighted by Crippen LogP contribution is -2.14. The van der Waals surface area contributed by atoms with Crippen LogP contribution in [-0.2, 0) is 5.41 Å². The lowest BCUT2D eigenvalue weighted by Gasteiger charge is -2.18. The molecular formula is C14H13Cl2FN2. The standard InChI is InChI=1S/C14H13Cl2FN2/c1-14(2,3)11-7-12(16)19-13(18-11)8-4-5-9(15)10(17)6-8/h4-7H,1-3H3. The highest BCUT2D eigenvalue weighted by Crippen LogP contribution is 2.27. The molecule has 2 aromatic rings. The van der Waals surface area contributed by atoms with Crippen molar-refractivity contribution >= 4 is 23.2 Å². The van der Waals surface area contributed by atoms with E-state index in [4.69, 9.17) is 23.2 Å². The Labute approximate surface area is 121 Å². The lowest BCUT2D eigenvalue weighted by molar-refractivity contribution is 0.568. The number of halogens is 3. The molecule has 1 aromatic carbocycles. The normalized spacial score (nSPS) is 11.7. The van der Waals surface area contributed by atoms with Gasteiger partial charge in [0.05, 0.1) is 10.7 Å². The van der Waals surface area contributed by atoms with Crippen molar-refractivity contribution in [3.05, 3.63) is 46.0 Å². The van der Waals surface area contributed by atoms with E-state index in [1.165, 1.54) is 12.1 Å². The average Bonchev–Trinajstić information content (AvgIpc) is 2.31. The number of hydrogen-bond acceptors (Lipinski definition) is 2. The first-order chi connectivity index (χ1) is 8.77. The van der Waals surface area contributed by atoms with E-state index in [1.54, 1.807) is 12.1 Å². The minimum atomic E-state index is -0.500. The lowest BCUT2D eigenvalue weighted by atomic mass is 9.92. The summed E-state index contributed by atoms with van der Waals surface area (Å²) in [7, 11) is 0. The van der Waals surface area contributed by atoms with E-state index in [0.717, 1.165) is 5.69 Å². The van der Waals surface area contributed by atoms with Crippen LogP contribution in [0.2, 0.25) is 10.2 Å². The van der Waals surface area contributed by atoms with Crippen molar-refractivity contribution in [3.8, 4) is 11.4 Å². The topological polar surface area (TPSA) is 25.8 Å². The Balaban J connectivity index is 2.56. The smallest absolute Gasteiger partial charge is 0.161 e. The highest BCUT2D eigenvalue weighted by molar-refractivity contribution is 6.30. The van der Waals surface area contributed by atoms with Gasteiger partial charge in [0.25, 0.3) is 0 Å². The van der Waals surface area contributed by atoms with Crippen LogP contribution >= 0.6 is 23.2 Å². The highest BCUT2D eigenvalue weighted by Gasteiger charge is 2.18. The maximum Gasteiger partial charge on any atom is 0.161 e. The molecule has 2 rings (SSSR count). The Bertz CT molecular complexity index is 621. The van der Waals surface area contributed by atoms with Crippen molar-refractivity contribution in [2.75, 3.05) is 0 Å². The third kappa shape index (κ3) is 3.23. The summed E-state index contributed by atoms with van der Waals surface area (Å²) in [5.74, 6) is -0.104. The van der Waals surface area contributed by atoms with Crippen LogP contribution < -0.4 is 0 Å². The van der Waals surface area contributed by atoms with Gasteiger partial charge in [-0.05, 0) is 24.3 Å². The van der Waals surface area contributed by atoms with Gasteiger partial charge in [-0.25, -0.2) is 14.4 Å². The fraction of sp³-hybridized carbons (Fsp3) is 0.286. The molecule has 0 radical (unpaired) electrons. The van der Waals surface area contributed by atoms with Crippen LogP contribution in [0.25, 0.3) is 11.4 Å². The molecule has 0 atom stereocenters. The van der Waals surface area contributed by atoms with Gasteiger partial charge in [0.1, 0.15) is 11.0 Å². The van der Waals surface area contributed by atoms with Crippen molar-refractivity contribution in [1.29, 1.82) is 0 Å². The van der Waals surface area contributed by atoms with E-state index in [-0.39, 0.29) is 10.4 Å². The van der Waals surface area contributed by atoms with E-state index in [9.17, 15) is 4.39 Å². The molecule has 0 aliphatic heterocycles. The predicted octanol–water partition coefficient (Wildman–Crippen LogP) is 4.89. The van der Waals surface area contributed by atoms with Gasteiger partial charge in [-0.1, -0.05) is 44.0 Å². The van der Waals surface area contributed by atoms with Crippen molar-refractivity contribution in [2.45, 2.75) is 26.2 Å². The summed E-state index contributed by atoms with van der Waals surface area (Å²) in [5, 5.41) is 0.409. The highest BCUT2D eigenvalue weighted by atomic mass is 35.5. The maximum atomic E-state index is 13.5. The zero-order chi connectivity index (χ0) is 14.2. The molecule has 5 heteroatoms. The number of aromatic nitrogens is 2. The monoisotopic (exact) mass is 298 g/mol. The third-order valence-corrected chi connectivity index (χ3v) is 3.14. The summed E-state index contributed by atoms with van der Waals surface area (Å²) in [5.41, 5.74) is 1.19. The summed E-state index contributed by atoms with van der Waals surface area (Å²) in [4.78, 5) is 8.57. The molecule has 0 spiro atoms. The molecule has 100 valence electrons. The van der Waals surface area contributed by atoms with Crippen molar-refractivity contribution in [2.24, 2.45) is 0 Å². The fourth-order valence-electron chi connectivity index (χ4n) is 1.57. The van der Waals surface area contributed by atoms with Crippen LogP contribution in [0.15, 0.2) is 24.3 Å². The third-order valence-electron chi connectivity index (χ3n) is 2.64. The Hall–Kier alpha value is -1.19. The summed E-state index contributed by atoms with van der Waals surface area (Å²) in [6, 6.07) is 6.18. The second kappa shape index (κ2) is 5.06. The van der Waals surface area contributed by atoms with Gasteiger partial charge in [0.2, 0.25) is 0 Å². The zero-order valence-electron chi connectivity index (χ0n) is 10.8. The maximum absolute atomic E-state index is 13.5.